The fourth-order valence-corrected chi connectivity index (χ4v) is 7.19. The van der Waals surface area contributed by atoms with Crippen LogP contribution in [0.15, 0.2) is 35.9 Å². The average Bonchev–Trinajstić information content (AvgIpc) is 3.78. The molecule has 13 nitrogen and oxygen atoms in total. The summed E-state index contributed by atoms with van der Waals surface area (Å²) >= 11 is 6.76. The van der Waals surface area contributed by atoms with E-state index in [4.69, 9.17) is 35.3 Å². The van der Waals surface area contributed by atoms with Crippen LogP contribution in [0.5, 0.6) is 5.75 Å². The Morgan fingerprint density at radius 2 is 1.91 bits per heavy atom. The van der Waals surface area contributed by atoms with Gasteiger partial charge in [-0.15, -0.1) is 0 Å². The van der Waals surface area contributed by atoms with E-state index in [9.17, 15) is 24.3 Å². The summed E-state index contributed by atoms with van der Waals surface area (Å²) in [5, 5.41) is 14.5. The van der Waals surface area contributed by atoms with Crippen LogP contribution in [0, 0.1) is 11.3 Å². The fourth-order valence-electron chi connectivity index (χ4n) is 6.88. The predicted molar refractivity (Wildman–Crippen MR) is 200 cm³/mol. The molecule has 294 valence electrons. The molecule has 2 N–H and O–H groups in total. The lowest BCUT2D eigenvalue weighted by atomic mass is 9.83. The number of epoxide rings is 1. The number of methoxy groups -OCH3 is 2. The van der Waals surface area contributed by atoms with Gasteiger partial charge in [0.25, 0.3) is 0 Å². The number of nitrogens with zero attached hydrogens (tertiary/aromatic N) is 2. The number of rotatable bonds is 7. The second-order valence-electron chi connectivity index (χ2n) is 16.0. The summed E-state index contributed by atoms with van der Waals surface area (Å²) in [6.45, 7) is 13.2. The number of ether oxygens (including phenoxy) is 5. The van der Waals surface area contributed by atoms with Gasteiger partial charge in [0.15, 0.2) is 5.72 Å². The summed E-state index contributed by atoms with van der Waals surface area (Å²) in [6, 6.07) is 2.63. The number of alkyl carbamates (subject to hydrolysis) is 1. The molecule has 8 atom stereocenters. The Morgan fingerprint density at radius 1 is 1.23 bits per heavy atom. The van der Waals surface area contributed by atoms with Crippen LogP contribution in [0.4, 0.5) is 10.5 Å². The highest BCUT2D eigenvalue weighted by molar-refractivity contribution is 6.35. The van der Waals surface area contributed by atoms with E-state index >= 15 is 0 Å². The molecule has 0 radical (unpaired) electrons. The van der Waals surface area contributed by atoms with E-state index in [0.717, 1.165) is 11.1 Å². The highest BCUT2D eigenvalue weighted by atomic mass is 35.5. The van der Waals surface area contributed by atoms with Gasteiger partial charge in [-0.3, -0.25) is 14.9 Å². The molecule has 4 bridgehead atoms. The minimum Gasteiger partial charge on any atom is -0.495 e. The summed E-state index contributed by atoms with van der Waals surface area (Å²) in [5.41, 5.74) is -0.957. The first-order valence-corrected chi connectivity index (χ1v) is 18.4. The molecule has 2 fully saturated rings. The Bertz CT molecular complexity index is 1620. The summed E-state index contributed by atoms with van der Waals surface area (Å²) in [4.78, 5) is 56.6. The Hall–Kier alpha value is -3.65. The maximum absolute atomic E-state index is 14.1. The molecule has 0 saturated carbocycles. The summed E-state index contributed by atoms with van der Waals surface area (Å²) in [5.74, 6) is -1.49. The number of aliphatic hydroxyl groups is 1. The van der Waals surface area contributed by atoms with Crippen molar-refractivity contribution in [2.45, 2.75) is 122 Å². The second-order valence-corrected chi connectivity index (χ2v) is 16.3. The van der Waals surface area contributed by atoms with Crippen LogP contribution in [0.3, 0.4) is 0 Å². The molecule has 1 aromatic rings. The van der Waals surface area contributed by atoms with Gasteiger partial charge in [-0.1, -0.05) is 63.1 Å². The zero-order chi connectivity index (χ0) is 39.6. The lowest BCUT2D eigenvalue weighted by Gasteiger charge is -2.42. The maximum Gasteiger partial charge on any atom is 0.409 e. The third-order valence-electron chi connectivity index (χ3n) is 10.6. The Balaban J connectivity index is 1.74. The lowest BCUT2D eigenvalue weighted by molar-refractivity contribution is -0.162. The molecule has 4 rings (SSSR count). The molecule has 3 heterocycles. The van der Waals surface area contributed by atoms with Crippen LogP contribution < -0.4 is 15.0 Å². The topological polar surface area (TPSA) is 156 Å². The van der Waals surface area contributed by atoms with Crippen molar-refractivity contribution >= 4 is 41.2 Å². The number of hydrogen-bond donors (Lipinski definition) is 2. The van der Waals surface area contributed by atoms with E-state index in [1.54, 1.807) is 59.2 Å². The number of fused-ring (bicyclic) bond motifs is 5. The van der Waals surface area contributed by atoms with E-state index in [1.807, 2.05) is 33.8 Å². The average molecular weight is 762 g/mol. The lowest BCUT2D eigenvalue weighted by Crippen LogP contribution is -2.63. The van der Waals surface area contributed by atoms with Gasteiger partial charge in [0.05, 0.1) is 25.3 Å². The van der Waals surface area contributed by atoms with Crippen molar-refractivity contribution in [1.82, 2.24) is 10.2 Å². The molecule has 3 aliphatic rings. The number of benzene rings is 1. The Kier molecular flexibility index (Phi) is 13.0. The van der Waals surface area contributed by atoms with Crippen molar-refractivity contribution in [2.24, 2.45) is 11.3 Å². The first-order valence-electron chi connectivity index (χ1n) is 18.0. The number of anilines is 1. The molecule has 14 heteroatoms. The minimum atomic E-state index is -1.82. The summed E-state index contributed by atoms with van der Waals surface area (Å²) in [6.07, 6.45) is 1.89. The number of likely N-dealkylation sites (N-methyl/N-ethyl adjacent to an activating group) is 1. The van der Waals surface area contributed by atoms with Gasteiger partial charge >= 0.3 is 12.1 Å². The molecule has 0 spiro atoms. The van der Waals surface area contributed by atoms with Crippen LogP contribution in [-0.2, 0) is 39.8 Å². The number of hydrogen-bond acceptors (Lipinski definition) is 10. The highest BCUT2D eigenvalue weighted by Crippen LogP contribution is 2.49. The van der Waals surface area contributed by atoms with Crippen molar-refractivity contribution < 1.29 is 48.0 Å². The standard InChI is InChI=1S/C39H56ClN3O10/c1-22-13-12-14-29(50-11)39(48)21-28(51-36(47)41-39)23(2)34-38(7,53-34)30(52-35(46)24(3)42(8)31(44)15-16-37(4,5)6)20-32(45)43(9)26-18-25(17-22)19-27(49-10)33(26)40/h12-14,18-19,23-24,28-30,34,48H,15-17,20-21H2,1-11H3,(H,41,47)/b14-12+,22-13+/t23-,24+,28+,29-,30+,34+,38-,39+/m1/s1. The number of carbonyl (C=O) groups is 4. The van der Waals surface area contributed by atoms with Crippen molar-refractivity contribution in [2.75, 3.05) is 33.2 Å². The van der Waals surface area contributed by atoms with Crippen molar-refractivity contribution in [3.8, 4) is 5.75 Å². The number of carbonyl (C=O) groups excluding carboxylic acids is 4. The predicted octanol–water partition coefficient (Wildman–Crippen LogP) is 5.34. The summed E-state index contributed by atoms with van der Waals surface area (Å²) in [7, 11) is 6.06. The van der Waals surface area contributed by atoms with Gasteiger partial charge in [0.2, 0.25) is 11.8 Å². The second kappa shape index (κ2) is 16.4. The van der Waals surface area contributed by atoms with Gasteiger partial charge in [-0.05, 0) is 56.7 Å². The first kappa shape index (κ1) is 42.1. The van der Waals surface area contributed by atoms with Crippen LogP contribution in [0.25, 0.3) is 0 Å². The van der Waals surface area contributed by atoms with Gasteiger partial charge < -0.3 is 38.6 Å². The minimum absolute atomic E-state index is 0.0455. The van der Waals surface area contributed by atoms with Gasteiger partial charge in [0.1, 0.15) is 40.7 Å². The maximum atomic E-state index is 14.1. The molecule has 0 unspecified atom stereocenters. The molecular formula is C39H56ClN3O10. The van der Waals surface area contributed by atoms with Gasteiger partial charge in [-0.25, -0.2) is 9.59 Å². The number of nitrogens with one attached hydrogen (secondary N) is 1. The number of allylic oxidation sites excluding steroid dienone is 3. The van der Waals surface area contributed by atoms with Crippen molar-refractivity contribution in [1.29, 1.82) is 0 Å². The molecule has 3 amide bonds. The third-order valence-corrected chi connectivity index (χ3v) is 11.0. The van der Waals surface area contributed by atoms with Crippen LogP contribution in [0.2, 0.25) is 5.02 Å². The molecule has 0 aliphatic carbocycles. The zero-order valence-electron chi connectivity index (χ0n) is 32.8. The molecular weight excluding hydrogens is 706 g/mol. The third kappa shape index (κ3) is 9.72. The van der Waals surface area contributed by atoms with Crippen molar-refractivity contribution in [3.05, 3.63) is 46.5 Å². The molecule has 3 aliphatic heterocycles. The monoisotopic (exact) mass is 761 g/mol. The fraction of sp³-hybridized carbons (Fsp3) is 0.641. The normalized spacial score (nSPS) is 31.5. The first-order chi connectivity index (χ1) is 24.6. The Labute approximate surface area is 317 Å². The zero-order valence-corrected chi connectivity index (χ0v) is 33.5. The number of amides is 3. The van der Waals surface area contributed by atoms with Crippen LogP contribution >= 0.6 is 11.6 Å². The van der Waals surface area contributed by atoms with Crippen LogP contribution in [-0.4, -0.2) is 104 Å². The molecule has 2 saturated heterocycles. The molecule has 53 heavy (non-hydrogen) atoms. The van der Waals surface area contributed by atoms with Gasteiger partial charge in [0, 0.05) is 40.0 Å². The SMILES string of the molecule is COc1cc2cc(c1Cl)N(C)C(=O)C[C@H](OC(=O)[C@H](C)N(C)C(=O)CCC(C)(C)C)[C@@]1(C)O[C@H]1[C@H](C)[C@@H]1C[C@@](O)(NC(=O)O1)[C@H](OC)/C=C/C=C(\C)C2. The number of halogens is 1. The van der Waals surface area contributed by atoms with Crippen LogP contribution in [0.1, 0.15) is 79.7 Å². The summed E-state index contributed by atoms with van der Waals surface area (Å²) < 4.78 is 29.3. The van der Waals surface area contributed by atoms with E-state index in [2.05, 4.69) is 5.32 Å². The van der Waals surface area contributed by atoms with Crippen molar-refractivity contribution in [3.63, 3.8) is 0 Å². The number of esters is 1. The van der Waals surface area contributed by atoms with E-state index in [-0.39, 0.29) is 35.6 Å². The van der Waals surface area contributed by atoms with E-state index in [0.29, 0.717) is 24.3 Å². The quantitative estimate of drug-likeness (QED) is 0.275. The van der Waals surface area contributed by atoms with E-state index in [1.165, 1.54) is 24.0 Å². The Morgan fingerprint density at radius 3 is 2.53 bits per heavy atom. The van der Waals surface area contributed by atoms with E-state index < -0.39 is 65.7 Å². The highest BCUT2D eigenvalue weighted by Gasteiger charge is 2.64. The molecule has 0 aromatic heterocycles. The molecule has 1 aromatic carbocycles. The largest absolute Gasteiger partial charge is 0.495 e. The van der Waals surface area contributed by atoms with Gasteiger partial charge in [-0.2, -0.15) is 0 Å². The smallest absolute Gasteiger partial charge is 0.409 e.